The molecule has 2 aliphatic rings. The maximum Gasteiger partial charge on any atom is 0.265 e. The summed E-state index contributed by atoms with van der Waals surface area (Å²) >= 11 is 1.53. The fourth-order valence-corrected chi connectivity index (χ4v) is 5.77. The summed E-state index contributed by atoms with van der Waals surface area (Å²) in [5.41, 5.74) is 1.93. The number of amides is 1. The molecule has 1 saturated carbocycles. The SMILES string of the molecule is Cc1nc(-c2ccc3ccccc3c2)sc1C(=O)N1CCN(C2CCCC2)CC1. The van der Waals surface area contributed by atoms with E-state index in [0.29, 0.717) is 0 Å². The monoisotopic (exact) mass is 405 g/mol. The fourth-order valence-electron chi connectivity index (χ4n) is 4.74. The summed E-state index contributed by atoms with van der Waals surface area (Å²) in [6, 6.07) is 15.5. The van der Waals surface area contributed by atoms with Gasteiger partial charge in [0.05, 0.1) is 5.69 Å². The largest absolute Gasteiger partial charge is 0.335 e. The van der Waals surface area contributed by atoms with Crippen LogP contribution in [0.3, 0.4) is 0 Å². The summed E-state index contributed by atoms with van der Waals surface area (Å²) in [7, 11) is 0. The van der Waals surface area contributed by atoms with Crippen LogP contribution in [0.5, 0.6) is 0 Å². The molecule has 0 spiro atoms. The van der Waals surface area contributed by atoms with Crippen LogP contribution in [0.15, 0.2) is 42.5 Å². The zero-order chi connectivity index (χ0) is 19.8. The number of fused-ring (bicyclic) bond motifs is 1. The Bertz CT molecular complexity index is 1030. The standard InChI is InChI=1S/C24H27N3OS/c1-17-22(24(28)27-14-12-26(13-15-27)21-8-4-5-9-21)29-23(25-17)20-11-10-18-6-2-3-7-19(18)16-20/h2-3,6-7,10-11,16,21H,4-5,8-9,12-15H2,1H3. The van der Waals surface area contributed by atoms with E-state index in [0.717, 1.165) is 53.4 Å². The van der Waals surface area contributed by atoms with E-state index in [2.05, 4.69) is 47.4 Å². The van der Waals surface area contributed by atoms with Crippen LogP contribution >= 0.6 is 11.3 Å². The van der Waals surface area contributed by atoms with Crippen molar-refractivity contribution in [1.82, 2.24) is 14.8 Å². The van der Waals surface area contributed by atoms with E-state index in [4.69, 9.17) is 4.98 Å². The second kappa shape index (κ2) is 7.88. The average Bonchev–Trinajstić information content (AvgIpc) is 3.43. The summed E-state index contributed by atoms with van der Waals surface area (Å²) in [6.45, 7) is 5.64. The minimum absolute atomic E-state index is 0.151. The van der Waals surface area contributed by atoms with Gasteiger partial charge in [-0.05, 0) is 36.6 Å². The predicted octanol–water partition coefficient (Wildman–Crippen LogP) is 4.97. The Morgan fingerprint density at radius 2 is 1.72 bits per heavy atom. The van der Waals surface area contributed by atoms with Gasteiger partial charge in [-0.1, -0.05) is 49.2 Å². The summed E-state index contributed by atoms with van der Waals surface area (Å²) in [5, 5.41) is 3.36. The second-order valence-corrected chi connectivity index (χ2v) is 9.26. The highest BCUT2D eigenvalue weighted by molar-refractivity contribution is 7.17. The molecule has 0 unspecified atom stereocenters. The average molecular weight is 406 g/mol. The highest BCUT2D eigenvalue weighted by Gasteiger charge is 2.29. The van der Waals surface area contributed by atoms with Crippen molar-refractivity contribution < 1.29 is 4.79 Å². The van der Waals surface area contributed by atoms with Gasteiger partial charge in [0, 0.05) is 37.8 Å². The predicted molar refractivity (Wildman–Crippen MR) is 120 cm³/mol. The van der Waals surface area contributed by atoms with E-state index in [-0.39, 0.29) is 5.91 Å². The fraction of sp³-hybridized carbons (Fsp3) is 0.417. The van der Waals surface area contributed by atoms with Gasteiger partial charge in [0.25, 0.3) is 5.91 Å². The lowest BCUT2D eigenvalue weighted by Gasteiger charge is -2.37. The van der Waals surface area contributed by atoms with Crippen molar-refractivity contribution in [2.75, 3.05) is 26.2 Å². The van der Waals surface area contributed by atoms with Crippen molar-refractivity contribution in [2.24, 2.45) is 0 Å². The van der Waals surface area contributed by atoms with E-state index >= 15 is 0 Å². The van der Waals surface area contributed by atoms with Crippen LogP contribution in [-0.4, -0.2) is 52.9 Å². The molecule has 0 radical (unpaired) electrons. The highest BCUT2D eigenvalue weighted by atomic mass is 32.1. The molecule has 2 fully saturated rings. The van der Waals surface area contributed by atoms with Crippen LogP contribution in [0.1, 0.15) is 41.0 Å². The van der Waals surface area contributed by atoms with Crippen molar-refractivity contribution in [3.63, 3.8) is 0 Å². The van der Waals surface area contributed by atoms with Crippen LogP contribution in [0.4, 0.5) is 0 Å². The number of thiazole rings is 1. The molecule has 5 heteroatoms. The molecular weight excluding hydrogens is 378 g/mol. The first-order valence-corrected chi connectivity index (χ1v) is 11.5. The lowest BCUT2D eigenvalue weighted by molar-refractivity contribution is 0.0577. The molecule has 1 saturated heterocycles. The number of rotatable bonds is 3. The van der Waals surface area contributed by atoms with E-state index in [1.807, 2.05) is 11.8 Å². The number of nitrogens with zero attached hydrogens (tertiary/aromatic N) is 3. The number of benzene rings is 2. The molecule has 0 atom stereocenters. The zero-order valence-electron chi connectivity index (χ0n) is 16.9. The first kappa shape index (κ1) is 18.8. The van der Waals surface area contributed by atoms with Crippen LogP contribution in [0, 0.1) is 6.92 Å². The number of aryl methyl sites for hydroxylation is 1. The van der Waals surface area contributed by atoms with Crippen molar-refractivity contribution in [3.05, 3.63) is 53.0 Å². The minimum Gasteiger partial charge on any atom is -0.335 e. The first-order valence-electron chi connectivity index (χ1n) is 10.7. The molecule has 0 bridgehead atoms. The van der Waals surface area contributed by atoms with Gasteiger partial charge in [-0.3, -0.25) is 9.69 Å². The number of carbonyl (C=O) groups is 1. The zero-order valence-corrected chi connectivity index (χ0v) is 17.8. The maximum absolute atomic E-state index is 13.2. The topological polar surface area (TPSA) is 36.4 Å². The summed E-state index contributed by atoms with van der Waals surface area (Å²) in [4.78, 5) is 23.3. The molecule has 4 nitrogen and oxygen atoms in total. The second-order valence-electron chi connectivity index (χ2n) is 8.26. The maximum atomic E-state index is 13.2. The van der Waals surface area contributed by atoms with Gasteiger partial charge in [-0.15, -0.1) is 11.3 Å². The van der Waals surface area contributed by atoms with E-state index in [1.165, 1.54) is 47.8 Å². The Hall–Kier alpha value is -2.24. The third-order valence-electron chi connectivity index (χ3n) is 6.43. The minimum atomic E-state index is 0.151. The van der Waals surface area contributed by atoms with Crippen LogP contribution in [-0.2, 0) is 0 Å². The summed E-state index contributed by atoms with van der Waals surface area (Å²) < 4.78 is 0. The third kappa shape index (κ3) is 3.69. The van der Waals surface area contributed by atoms with Crippen LogP contribution < -0.4 is 0 Å². The van der Waals surface area contributed by atoms with Gasteiger partial charge in [0.15, 0.2) is 0 Å². The molecular formula is C24H27N3OS. The molecule has 1 aromatic heterocycles. The number of hydrogen-bond donors (Lipinski definition) is 0. The number of aromatic nitrogens is 1. The molecule has 5 rings (SSSR count). The molecule has 2 aromatic carbocycles. The van der Waals surface area contributed by atoms with Gasteiger partial charge >= 0.3 is 0 Å². The van der Waals surface area contributed by atoms with Crippen molar-refractivity contribution in [3.8, 4) is 10.6 Å². The Morgan fingerprint density at radius 3 is 2.48 bits per heavy atom. The molecule has 29 heavy (non-hydrogen) atoms. The Morgan fingerprint density at radius 1 is 1.00 bits per heavy atom. The smallest absolute Gasteiger partial charge is 0.265 e. The normalized spacial score (nSPS) is 18.6. The molecule has 150 valence electrons. The molecule has 1 aliphatic heterocycles. The third-order valence-corrected chi connectivity index (χ3v) is 7.62. The van der Waals surface area contributed by atoms with Gasteiger partial charge in [0.1, 0.15) is 9.88 Å². The molecule has 3 aromatic rings. The number of carbonyl (C=O) groups excluding carboxylic acids is 1. The van der Waals surface area contributed by atoms with Crippen molar-refractivity contribution >= 4 is 28.0 Å². The quantitative estimate of drug-likeness (QED) is 0.617. The Balaban J connectivity index is 1.32. The van der Waals surface area contributed by atoms with Crippen LogP contribution in [0.25, 0.3) is 21.3 Å². The van der Waals surface area contributed by atoms with Gasteiger partial charge in [0.2, 0.25) is 0 Å². The van der Waals surface area contributed by atoms with E-state index < -0.39 is 0 Å². The lowest BCUT2D eigenvalue weighted by Crippen LogP contribution is -2.51. The Kier molecular flexibility index (Phi) is 5.10. The van der Waals surface area contributed by atoms with Gasteiger partial charge < -0.3 is 4.90 Å². The molecule has 2 heterocycles. The molecule has 0 N–H and O–H groups in total. The van der Waals surface area contributed by atoms with E-state index in [1.54, 1.807) is 0 Å². The van der Waals surface area contributed by atoms with Gasteiger partial charge in [-0.25, -0.2) is 4.98 Å². The molecule has 1 aliphatic carbocycles. The van der Waals surface area contributed by atoms with Crippen molar-refractivity contribution in [1.29, 1.82) is 0 Å². The molecule has 1 amide bonds. The number of piperazine rings is 1. The van der Waals surface area contributed by atoms with Crippen LogP contribution in [0.2, 0.25) is 0 Å². The first-order chi connectivity index (χ1) is 14.2. The number of hydrogen-bond acceptors (Lipinski definition) is 4. The Labute approximate surface area is 176 Å². The highest BCUT2D eigenvalue weighted by Crippen LogP contribution is 2.31. The van der Waals surface area contributed by atoms with Gasteiger partial charge in [-0.2, -0.15) is 0 Å². The summed E-state index contributed by atoms with van der Waals surface area (Å²) in [5.74, 6) is 0.151. The van der Waals surface area contributed by atoms with Crippen molar-refractivity contribution in [2.45, 2.75) is 38.6 Å². The van der Waals surface area contributed by atoms with E-state index in [9.17, 15) is 4.79 Å². The summed E-state index contributed by atoms with van der Waals surface area (Å²) in [6.07, 6.45) is 5.39. The lowest BCUT2D eigenvalue weighted by atomic mass is 10.1.